The van der Waals surface area contributed by atoms with Gasteiger partial charge >= 0.3 is 0 Å². The summed E-state index contributed by atoms with van der Waals surface area (Å²) in [5.74, 6) is -1.01. The van der Waals surface area contributed by atoms with Crippen LogP contribution in [0.15, 0.2) is 65.3 Å². The Bertz CT molecular complexity index is 874. The highest BCUT2D eigenvalue weighted by molar-refractivity contribution is 5.96. The van der Waals surface area contributed by atoms with Crippen molar-refractivity contribution in [3.63, 3.8) is 0 Å². The fraction of sp³-hybridized carbons (Fsp3) is 0.158. The molecule has 0 unspecified atom stereocenters. The average molecular weight is 338 g/mol. The van der Waals surface area contributed by atoms with Crippen molar-refractivity contribution in [3.05, 3.63) is 66.6 Å². The van der Waals surface area contributed by atoms with Crippen LogP contribution < -0.4 is 15.7 Å². The monoisotopic (exact) mass is 338 g/mol. The summed E-state index contributed by atoms with van der Waals surface area (Å²) in [7, 11) is 0. The number of rotatable bonds is 7. The van der Waals surface area contributed by atoms with Crippen LogP contribution >= 0.6 is 0 Å². The van der Waals surface area contributed by atoms with Crippen molar-refractivity contribution in [3.8, 4) is 0 Å². The Kier molecular flexibility index (Phi) is 5.11. The van der Waals surface area contributed by atoms with Crippen LogP contribution in [0.2, 0.25) is 0 Å². The van der Waals surface area contributed by atoms with Gasteiger partial charge in [0.1, 0.15) is 12.6 Å². The van der Waals surface area contributed by atoms with Gasteiger partial charge in [0.25, 0.3) is 0 Å². The minimum Gasteiger partial charge on any atom is -0.544 e. The van der Waals surface area contributed by atoms with Crippen molar-refractivity contribution >= 4 is 28.3 Å². The molecule has 3 N–H and O–H groups in total. The molecule has 1 atom stereocenters. The van der Waals surface area contributed by atoms with Crippen molar-refractivity contribution in [2.45, 2.75) is 19.0 Å². The molecular weight excluding hydrogens is 320 g/mol. The van der Waals surface area contributed by atoms with E-state index in [1.165, 1.54) is 11.6 Å². The van der Waals surface area contributed by atoms with E-state index in [-0.39, 0.29) is 12.3 Å². The Morgan fingerprint density at radius 2 is 1.88 bits per heavy atom. The Labute approximate surface area is 144 Å². The zero-order valence-corrected chi connectivity index (χ0v) is 13.5. The van der Waals surface area contributed by atoms with Gasteiger partial charge in [-0.1, -0.05) is 30.3 Å². The van der Waals surface area contributed by atoms with E-state index in [1.807, 2.05) is 36.4 Å². The number of benzene rings is 2. The summed E-state index contributed by atoms with van der Waals surface area (Å²) in [6.45, 7) is 0.328. The second-order valence-electron chi connectivity index (χ2n) is 5.76. The maximum absolute atomic E-state index is 12.2. The maximum atomic E-state index is 12.2. The molecule has 0 radical (unpaired) electrons. The van der Waals surface area contributed by atoms with Gasteiger partial charge in [0, 0.05) is 5.69 Å². The van der Waals surface area contributed by atoms with E-state index in [2.05, 4.69) is 5.32 Å². The summed E-state index contributed by atoms with van der Waals surface area (Å²) in [6.07, 6.45) is 1.33. The average Bonchev–Trinajstić information content (AvgIpc) is 3.11. The molecule has 0 saturated carbocycles. The van der Waals surface area contributed by atoms with Gasteiger partial charge in [0.2, 0.25) is 5.91 Å². The third-order valence-corrected chi connectivity index (χ3v) is 3.92. The molecule has 6 nitrogen and oxygen atoms in total. The molecule has 3 rings (SSSR count). The number of fused-ring (bicyclic) bond motifs is 1. The van der Waals surface area contributed by atoms with Crippen LogP contribution in [-0.4, -0.2) is 17.9 Å². The highest BCUT2D eigenvalue weighted by Gasteiger charge is 2.19. The number of hydrogen-bond donors (Lipinski definition) is 2. The zero-order valence-electron chi connectivity index (χ0n) is 13.5. The molecule has 25 heavy (non-hydrogen) atoms. The number of furan rings is 1. The van der Waals surface area contributed by atoms with Crippen LogP contribution in [0, 0.1) is 0 Å². The van der Waals surface area contributed by atoms with E-state index in [4.69, 9.17) is 4.42 Å². The fourth-order valence-corrected chi connectivity index (χ4v) is 2.63. The normalized spacial score (nSPS) is 12.0. The Hall–Kier alpha value is -3.12. The van der Waals surface area contributed by atoms with Crippen molar-refractivity contribution in [1.82, 2.24) is 0 Å². The first kappa shape index (κ1) is 16.7. The molecular formula is C19H18N2O4. The number of hydrogen-bond acceptors (Lipinski definition) is 4. The lowest BCUT2D eigenvalue weighted by atomic mass is 10.1. The molecule has 1 amide bonds. The Morgan fingerprint density at radius 1 is 1.08 bits per heavy atom. The third-order valence-electron chi connectivity index (χ3n) is 3.92. The number of carbonyl (C=O) groups excluding carboxylic acids is 2. The van der Waals surface area contributed by atoms with Crippen LogP contribution in [0.3, 0.4) is 0 Å². The zero-order chi connectivity index (χ0) is 17.6. The van der Waals surface area contributed by atoms with E-state index in [1.54, 1.807) is 18.2 Å². The number of aliphatic carboxylic acids is 1. The van der Waals surface area contributed by atoms with Gasteiger partial charge in [-0.25, -0.2) is 0 Å². The van der Waals surface area contributed by atoms with Gasteiger partial charge < -0.3 is 25.0 Å². The number of anilines is 1. The van der Waals surface area contributed by atoms with E-state index in [0.29, 0.717) is 18.0 Å². The molecule has 128 valence electrons. The van der Waals surface area contributed by atoms with E-state index in [9.17, 15) is 14.7 Å². The lowest BCUT2D eigenvalue weighted by Crippen LogP contribution is -2.92. The number of carboxylic acids is 1. The van der Waals surface area contributed by atoms with Gasteiger partial charge in [-0.15, -0.1) is 0 Å². The second kappa shape index (κ2) is 7.63. The molecule has 0 spiro atoms. The van der Waals surface area contributed by atoms with Gasteiger partial charge in [0.15, 0.2) is 5.76 Å². The van der Waals surface area contributed by atoms with Crippen LogP contribution in [0.1, 0.15) is 12.2 Å². The number of amides is 1. The van der Waals surface area contributed by atoms with Gasteiger partial charge in [-0.05, 0) is 35.0 Å². The van der Waals surface area contributed by atoms with Gasteiger partial charge in [-0.2, -0.15) is 0 Å². The van der Waals surface area contributed by atoms with E-state index in [0.717, 1.165) is 10.8 Å². The minimum absolute atomic E-state index is 0.185. The third kappa shape index (κ3) is 4.45. The summed E-state index contributed by atoms with van der Waals surface area (Å²) < 4.78 is 5.16. The lowest BCUT2D eigenvalue weighted by molar-refractivity contribution is -0.698. The first-order valence-corrected chi connectivity index (χ1v) is 7.97. The van der Waals surface area contributed by atoms with Crippen LogP contribution in [0.4, 0.5) is 5.69 Å². The topological polar surface area (TPSA) is 99.0 Å². The number of nitrogens with one attached hydrogen (secondary N) is 1. The van der Waals surface area contributed by atoms with Crippen LogP contribution in [-0.2, 0) is 16.1 Å². The largest absolute Gasteiger partial charge is 0.544 e. The van der Waals surface area contributed by atoms with Gasteiger partial charge in [-0.3, -0.25) is 4.79 Å². The maximum Gasteiger partial charge on any atom is 0.230 e. The first-order valence-electron chi connectivity index (χ1n) is 7.97. The minimum atomic E-state index is -1.28. The highest BCUT2D eigenvalue weighted by atomic mass is 16.4. The number of nitrogens with two attached hydrogens (primary N) is 1. The smallest absolute Gasteiger partial charge is 0.230 e. The quantitative estimate of drug-likeness (QED) is 0.660. The molecule has 0 aliphatic heterocycles. The molecule has 3 aromatic rings. The Morgan fingerprint density at radius 3 is 2.60 bits per heavy atom. The molecule has 1 heterocycles. The summed E-state index contributed by atoms with van der Waals surface area (Å²) in [4.78, 5) is 23.4. The highest BCUT2D eigenvalue weighted by Crippen LogP contribution is 2.18. The van der Waals surface area contributed by atoms with Crippen molar-refractivity contribution in [2.75, 3.05) is 5.32 Å². The molecule has 0 fully saturated rings. The molecule has 0 bridgehead atoms. The summed E-state index contributed by atoms with van der Waals surface area (Å²) >= 11 is 0. The molecule has 6 heteroatoms. The fourth-order valence-electron chi connectivity index (χ4n) is 2.63. The lowest BCUT2D eigenvalue weighted by Gasteiger charge is -2.16. The molecule has 1 aromatic heterocycles. The number of quaternary nitrogens is 1. The van der Waals surface area contributed by atoms with Crippen LogP contribution in [0.25, 0.3) is 10.8 Å². The second-order valence-corrected chi connectivity index (χ2v) is 5.76. The molecule has 0 aliphatic rings. The van der Waals surface area contributed by atoms with Crippen molar-refractivity contribution in [1.29, 1.82) is 0 Å². The summed E-state index contributed by atoms with van der Waals surface area (Å²) in [6, 6.07) is 15.8. The predicted octanol–water partition coefficient (Wildman–Crippen LogP) is 0.644. The van der Waals surface area contributed by atoms with Crippen molar-refractivity contribution < 1.29 is 24.4 Å². The van der Waals surface area contributed by atoms with Gasteiger partial charge in [0.05, 0.1) is 18.7 Å². The summed E-state index contributed by atoms with van der Waals surface area (Å²) in [5, 5.41) is 17.6. The first-order chi connectivity index (χ1) is 12.1. The van der Waals surface area contributed by atoms with E-state index < -0.39 is 12.0 Å². The van der Waals surface area contributed by atoms with Crippen molar-refractivity contribution in [2.24, 2.45) is 0 Å². The SMILES string of the molecule is O=C(C[C@@H]([NH2+]Cc1ccco1)C(=O)[O-])Nc1ccc2ccccc2c1. The van der Waals surface area contributed by atoms with Crippen LogP contribution in [0.5, 0.6) is 0 Å². The number of carboxylic acid groups (broad SMARTS) is 1. The standard InChI is InChI=1S/C19H18N2O4/c22-18(11-17(19(23)24)20-12-16-6-3-9-25-16)21-15-8-7-13-4-1-2-5-14(13)10-15/h1-10,17,20H,11-12H2,(H,21,22)(H,23,24)/t17-/m1/s1. The number of carbonyl (C=O) groups is 2. The predicted molar refractivity (Wildman–Crippen MR) is 90.3 cm³/mol. The molecule has 0 saturated heterocycles. The molecule has 2 aromatic carbocycles. The van der Waals surface area contributed by atoms with E-state index >= 15 is 0 Å². The molecule has 0 aliphatic carbocycles. The Balaban J connectivity index is 1.61. The summed E-state index contributed by atoms with van der Waals surface area (Å²) in [5.41, 5.74) is 0.631.